The van der Waals surface area contributed by atoms with Crippen molar-refractivity contribution in [3.63, 3.8) is 0 Å². The molecule has 2 rings (SSSR count). The molecule has 0 aromatic carbocycles. The summed E-state index contributed by atoms with van der Waals surface area (Å²) in [7, 11) is 0. The first kappa shape index (κ1) is 13.8. The van der Waals surface area contributed by atoms with Gasteiger partial charge >= 0.3 is 0 Å². The molecule has 0 radical (unpaired) electrons. The zero-order chi connectivity index (χ0) is 13.1. The molecule has 2 amide bonds. The summed E-state index contributed by atoms with van der Waals surface area (Å²) in [6.45, 7) is 2.15. The number of hydrogen-bond acceptors (Lipinski definition) is 2. The zero-order valence-electron chi connectivity index (χ0n) is 10.5. The van der Waals surface area contributed by atoms with E-state index in [-0.39, 0.29) is 27.7 Å². The summed E-state index contributed by atoms with van der Waals surface area (Å²) in [4.78, 5) is 26.0. The second-order valence-electron chi connectivity index (χ2n) is 4.80. The van der Waals surface area contributed by atoms with E-state index in [0.717, 1.165) is 25.7 Å². The number of fused-ring (bicyclic) bond motifs is 1. The highest BCUT2D eigenvalue weighted by Crippen LogP contribution is 2.34. The minimum absolute atomic E-state index is 0.00144. The molecule has 98 valence electrons. The Balaban J connectivity index is 2.05. The van der Waals surface area contributed by atoms with Crippen LogP contribution in [0.3, 0.4) is 0 Å². The number of allylic oxidation sites excluding steroid dienone is 2. The Morgan fingerprint density at radius 2 is 1.72 bits per heavy atom. The van der Waals surface area contributed by atoms with Gasteiger partial charge in [0.1, 0.15) is 0 Å². The molecule has 1 fully saturated rings. The van der Waals surface area contributed by atoms with Crippen molar-refractivity contribution in [3.8, 4) is 0 Å². The smallest absolute Gasteiger partial charge is 0.238 e. The van der Waals surface area contributed by atoms with E-state index in [1.54, 1.807) is 0 Å². The maximum atomic E-state index is 12.2. The van der Waals surface area contributed by atoms with Gasteiger partial charge in [-0.3, -0.25) is 14.5 Å². The van der Waals surface area contributed by atoms with Gasteiger partial charge < -0.3 is 0 Å². The van der Waals surface area contributed by atoms with Gasteiger partial charge in [-0.2, -0.15) is 0 Å². The number of imide groups is 1. The van der Waals surface area contributed by atoms with Crippen LogP contribution in [0.1, 0.15) is 32.6 Å². The predicted octanol–water partition coefficient (Wildman–Crippen LogP) is 3.06. The quantitative estimate of drug-likeness (QED) is 0.249. The van der Waals surface area contributed by atoms with Gasteiger partial charge in [0.15, 0.2) is 0 Å². The molecule has 1 saturated heterocycles. The molecule has 4 heteroatoms. The van der Waals surface area contributed by atoms with Crippen LogP contribution in [0.2, 0.25) is 0 Å². The Morgan fingerprint density at radius 1 is 1.17 bits per heavy atom. The SMILES string of the molecule is CCCCCC(I)N1C(=O)C2C=CC=CC2C1=O. The lowest BCUT2D eigenvalue weighted by atomic mass is 9.91. The maximum absolute atomic E-state index is 12.2. The van der Waals surface area contributed by atoms with Gasteiger partial charge in [-0.25, -0.2) is 0 Å². The molecule has 0 saturated carbocycles. The normalized spacial score (nSPS) is 27.8. The molecular formula is C14H18INO2. The largest absolute Gasteiger partial charge is 0.274 e. The summed E-state index contributed by atoms with van der Waals surface area (Å²) in [5.74, 6) is -0.570. The van der Waals surface area contributed by atoms with Crippen LogP contribution in [-0.2, 0) is 9.59 Å². The highest BCUT2D eigenvalue weighted by Gasteiger charge is 2.47. The molecule has 0 spiro atoms. The van der Waals surface area contributed by atoms with Crippen molar-refractivity contribution < 1.29 is 9.59 Å². The first-order valence-electron chi connectivity index (χ1n) is 6.52. The zero-order valence-corrected chi connectivity index (χ0v) is 12.7. The van der Waals surface area contributed by atoms with Crippen molar-refractivity contribution in [2.24, 2.45) is 11.8 Å². The van der Waals surface area contributed by atoms with Gasteiger partial charge in [0.25, 0.3) is 0 Å². The van der Waals surface area contributed by atoms with Crippen LogP contribution in [0, 0.1) is 11.8 Å². The van der Waals surface area contributed by atoms with Crippen LogP contribution in [0.15, 0.2) is 24.3 Å². The lowest BCUT2D eigenvalue weighted by Crippen LogP contribution is -2.37. The van der Waals surface area contributed by atoms with E-state index in [0.29, 0.717) is 0 Å². The number of likely N-dealkylation sites (tertiary alicyclic amines) is 1. The molecule has 1 aliphatic heterocycles. The molecule has 0 N–H and O–H groups in total. The second-order valence-corrected chi connectivity index (χ2v) is 6.24. The number of nitrogens with zero attached hydrogens (tertiary/aromatic N) is 1. The number of hydrogen-bond donors (Lipinski definition) is 0. The molecule has 18 heavy (non-hydrogen) atoms. The van der Waals surface area contributed by atoms with E-state index in [2.05, 4.69) is 29.5 Å². The third-order valence-electron chi connectivity index (χ3n) is 3.51. The second kappa shape index (κ2) is 5.99. The van der Waals surface area contributed by atoms with Gasteiger partial charge in [-0.1, -0.05) is 73.1 Å². The fraction of sp³-hybridized carbons (Fsp3) is 0.571. The van der Waals surface area contributed by atoms with Crippen LogP contribution in [0.5, 0.6) is 0 Å². The van der Waals surface area contributed by atoms with Gasteiger partial charge in [-0.05, 0) is 6.42 Å². The monoisotopic (exact) mass is 359 g/mol. The van der Waals surface area contributed by atoms with Crippen molar-refractivity contribution in [2.75, 3.05) is 0 Å². The lowest BCUT2D eigenvalue weighted by molar-refractivity contribution is -0.139. The topological polar surface area (TPSA) is 37.4 Å². The third-order valence-corrected chi connectivity index (χ3v) is 4.69. The van der Waals surface area contributed by atoms with Crippen molar-refractivity contribution in [1.82, 2.24) is 4.90 Å². The molecule has 1 heterocycles. The summed E-state index contributed by atoms with van der Waals surface area (Å²) in [6.07, 6.45) is 11.7. The highest BCUT2D eigenvalue weighted by atomic mass is 127. The number of alkyl halides is 1. The Hall–Kier alpha value is -0.650. The van der Waals surface area contributed by atoms with Gasteiger partial charge in [0.2, 0.25) is 11.8 Å². The van der Waals surface area contributed by atoms with Crippen LogP contribution in [-0.4, -0.2) is 20.8 Å². The minimum Gasteiger partial charge on any atom is -0.274 e. The number of halogens is 1. The Bertz CT molecular complexity index is 373. The average Bonchev–Trinajstić information content (AvgIpc) is 2.63. The van der Waals surface area contributed by atoms with Crippen molar-refractivity contribution in [3.05, 3.63) is 24.3 Å². The van der Waals surface area contributed by atoms with E-state index in [1.807, 2.05) is 24.3 Å². The highest BCUT2D eigenvalue weighted by molar-refractivity contribution is 14.1. The molecule has 2 aliphatic rings. The summed E-state index contributed by atoms with van der Waals surface area (Å²) in [6, 6.07) is 0. The summed E-state index contributed by atoms with van der Waals surface area (Å²) >= 11 is 2.22. The maximum Gasteiger partial charge on any atom is 0.238 e. The summed E-state index contributed by atoms with van der Waals surface area (Å²) in [5.41, 5.74) is 0. The van der Waals surface area contributed by atoms with E-state index in [1.165, 1.54) is 4.90 Å². The summed E-state index contributed by atoms with van der Waals surface area (Å²) in [5, 5.41) is 0. The van der Waals surface area contributed by atoms with Crippen molar-refractivity contribution in [1.29, 1.82) is 0 Å². The number of carbonyl (C=O) groups is 2. The average molecular weight is 359 g/mol. The molecule has 3 nitrogen and oxygen atoms in total. The van der Waals surface area contributed by atoms with Gasteiger partial charge in [0.05, 0.1) is 15.9 Å². The van der Waals surface area contributed by atoms with Gasteiger partial charge in [-0.15, -0.1) is 0 Å². The summed E-state index contributed by atoms with van der Waals surface area (Å²) < 4.78 is 0.00144. The number of amides is 2. The van der Waals surface area contributed by atoms with E-state index >= 15 is 0 Å². The Morgan fingerprint density at radius 3 is 2.22 bits per heavy atom. The molecule has 0 bridgehead atoms. The van der Waals surface area contributed by atoms with Crippen LogP contribution in [0.25, 0.3) is 0 Å². The molecule has 3 unspecified atom stereocenters. The minimum atomic E-state index is -0.258. The van der Waals surface area contributed by atoms with E-state index in [4.69, 9.17) is 0 Å². The number of carbonyl (C=O) groups excluding carboxylic acids is 2. The van der Waals surface area contributed by atoms with Crippen molar-refractivity contribution in [2.45, 2.75) is 36.7 Å². The third kappa shape index (κ3) is 2.53. The number of rotatable bonds is 5. The number of unbranched alkanes of at least 4 members (excludes halogenated alkanes) is 2. The Kier molecular flexibility index (Phi) is 4.59. The molecule has 0 aromatic rings. The fourth-order valence-corrected chi connectivity index (χ4v) is 3.47. The molecule has 3 atom stereocenters. The first-order chi connectivity index (χ1) is 8.66. The molecular weight excluding hydrogens is 341 g/mol. The van der Waals surface area contributed by atoms with Crippen LogP contribution >= 0.6 is 22.6 Å². The van der Waals surface area contributed by atoms with Gasteiger partial charge in [0, 0.05) is 0 Å². The molecule has 1 aliphatic carbocycles. The standard InChI is InChI=1S/C14H18INO2/c1-2-3-4-9-12(15)16-13(17)10-7-5-6-8-11(10)14(16)18/h5-8,10-12H,2-4,9H2,1H3. The van der Waals surface area contributed by atoms with E-state index in [9.17, 15) is 9.59 Å². The lowest BCUT2D eigenvalue weighted by Gasteiger charge is -2.21. The molecule has 0 aromatic heterocycles. The van der Waals surface area contributed by atoms with Crippen LogP contribution < -0.4 is 0 Å². The fourth-order valence-electron chi connectivity index (χ4n) is 2.48. The Labute approximate surface area is 121 Å². The predicted molar refractivity (Wildman–Crippen MR) is 79.1 cm³/mol. The van der Waals surface area contributed by atoms with Crippen molar-refractivity contribution >= 4 is 34.4 Å². The van der Waals surface area contributed by atoms with E-state index < -0.39 is 0 Å². The first-order valence-corrected chi connectivity index (χ1v) is 7.77. The van der Waals surface area contributed by atoms with Crippen LogP contribution in [0.4, 0.5) is 0 Å².